The van der Waals surface area contributed by atoms with Crippen molar-refractivity contribution in [1.29, 1.82) is 0 Å². The van der Waals surface area contributed by atoms with Gasteiger partial charge in [-0.05, 0) is 91.6 Å². The Labute approximate surface area is 272 Å². The normalized spacial score (nSPS) is 14.5. The van der Waals surface area contributed by atoms with Crippen LogP contribution in [-0.2, 0) is 6.42 Å². The average Bonchev–Trinajstić information content (AvgIpc) is 4.01. The van der Waals surface area contributed by atoms with Crippen molar-refractivity contribution >= 4 is 50.8 Å². The molecule has 0 unspecified atom stereocenters. The van der Waals surface area contributed by atoms with Gasteiger partial charge >= 0.3 is 0 Å². The van der Waals surface area contributed by atoms with Crippen molar-refractivity contribution < 1.29 is 17.0 Å². The summed E-state index contributed by atoms with van der Waals surface area (Å²) in [5.41, 5.74) is 9.17. The molecule has 4 aromatic carbocycles. The topological polar surface area (TPSA) is 51.8 Å². The molecule has 3 nitrogen and oxygen atoms in total. The number of pyridine rings is 2. The summed E-state index contributed by atoms with van der Waals surface area (Å²) in [5.74, 6) is 2.38. The van der Waals surface area contributed by atoms with Gasteiger partial charge < -0.3 is 22.7 Å². The summed E-state index contributed by atoms with van der Waals surface area (Å²) in [6.45, 7) is 0. The van der Waals surface area contributed by atoms with E-state index < -0.39 is 7.26 Å². The van der Waals surface area contributed by atoms with E-state index in [1.807, 2.05) is 6.07 Å². The number of hydrogen-bond donors (Lipinski definition) is 1. The molecule has 0 saturated heterocycles. The van der Waals surface area contributed by atoms with Crippen LogP contribution < -0.4 is 38.6 Å². The summed E-state index contributed by atoms with van der Waals surface area (Å²) in [4.78, 5) is 8.86. The number of aryl methyl sites for hydroxylation is 1. The van der Waals surface area contributed by atoms with Crippen LogP contribution in [-0.4, -0.2) is 16.1 Å². The highest BCUT2D eigenvalue weighted by Gasteiger charge is 2.48. The summed E-state index contributed by atoms with van der Waals surface area (Å²) in [6, 6.07) is 44.2. The number of halogens is 1. The molecule has 44 heavy (non-hydrogen) atoms. The van der Waals surface area contributed by atoms with Crippen LogP contribution in [0.5, 0.6) is 0 Å². The van der Waals surface area contributed by atoms with Crippen LogP contribution in [0.3, 0.4) is 0 Å². The highest BCUT2D eigenvalue weighted by molar-refractivity contribution is 7.95. The van der Waals surface area contributed by atoms with Gasteiger partial charge in [0.1, 0.15) is 28.7 Å². The van der Waals surface area contributed by atoms with E-state index in [4.69, 9.17) is 5.73 Å². The maximum absolute atomic E-state index is 6.03. The average molecular weight is 661 g/mol. The molecule has 5 heteroatoms. The van der Waals surface area contributed by atoms with Gasteiger partial charge in [-0.25, -0.2) is 4.98 Å². The molecule has 0 bridgehead atoms. The van der Waals surface area contributed by atoms with E-state index >= 15 is 0 Å². The first kappa shape index (κ1) is 30.4. The molecule has 0 radical (unpaired) electrons. The predicted octanol–water partition coefficient (Wildman–Crippen LogP) is 5.10. The van der Waals surface area contributed by atoms with Crippen LogP contribution in [0.15, 0.2) is 128 Å². The predicted molar refractivity (Wildman–Crippen MR) is 185 cm³/mol. The first-order valence-electron chi connectivity index (χ1n) is 15.7. The molecular weight excluding hydrogens is 621 g/mol. The van der Waals surface area contributed by atoms with E-state index in [1.165, 1.54) is 59.7 Å². The second-order valence-corrected chi connectivity index (χ2v) is 15.7. The van der Waals surface area contributed by atoms with Gasteiger partial charge in [0.2, 0.25) is 0 Å². The smallest absolute Gasteiger partial charge is 0.150 e. The highest BCUT2D eigenvalue weighted by atomic mass is 79.9. The molecule has 2 aromatic heterocycles. The van der Waals surface area contributed by atoms with E-state index in [-0.39, 0.29) is 17.0 Å². The number of aromatic nitrogens is 2. The van der Waals surface area contributed by atoms with Gasteiger partial charge in [0.15, 0.2) is 5.82 Å². The fourth-order valence-corrected chi connectivity index (χ4v) is 11.0. The van der Waals surface area contributed by atoms with E-state index in [0.717, 1.165) is 40.1 Å². The number of nitrogens with two attached hydrogens (primary N) is 1. The van der Waals surface area contributed by atoms with Crippen LogP contribution in [0, 0.1) is 11.8 Å². The fraction of sp³-hybridized carbons (Fsp3) is 0.231. The largest absolute Gasteiger partial charge is 1.00 e. The Morgan fingerprint density at radius 1 is 0.636 bits per heavy atom. The quantitative estimate of drug-likeness (QED) is 0.183. The number of benzene rings is 4. The number of anilines is 1. The van der Waals surface area contributed by atoms with Gasteiger partial charge in [0.05, 0.1) is 11.7 Å². The van der Waals surface area contributed by atoms with Crippen molar-refractivity contribution in [3.8, 4) is 0 Å². The number of nitrogens with zero attached hydrogens (tertiary/aromatic N) is 2. The fourth-order valence-electron chi connectivity index (χ4n) is 6.34. The zero-order valence-corrected chi connectivity index (χ0v) is 27.5. The van der Waals surface area contributed by atoms with Crippen LogP contribution >= 0.6 is 7.26 Å². The number of fused-ring (bicyclic) bond motifs is 3. The molecule has 0 amide bonds. The Morgan fingerprint density at radius 3 is 1.75 bits per heavy atom. The second kappa shape index (κ2) is 13.6. The van der Waals surface area contributed by atoms with E-state index in [1.54, 1.807) is 6.20 Å². The summed E-state index contributed by atoms with van der Waals surface area (Å²) in [5, 5.41) is 6.78. The lowest BCUT2D eigenvalue weighted by Crippen LogP contribution is -3.00. The third-order valence-electron chi connectivity index (χ3n) is 9.00. The zero-order valence-electron chi connectivity index (χ0n) is 25.0. The van der Waals surface area contributed by atoms with Gasteiger partial charge in [-0.2, -0.15) is 0 Å². The first-order valence-corrected chi connectivity index (χ1v) is 17.7. The van der Waals surface area contributed by atoms with Gasteiger partial charge in [0.25, 0.3) is 0 Å². The van der Waals surface area contributed by atoms with Gasteiger partial charge in [0, 0.05) is 17.0 Å². The third kappa shape index (κ3) is 6.58. The first-order chi connectivity index (χ1) is 21.2. The molecule has 0 atom stereocenters. The van der Waals surface area contributed by atoms with Crippen LogP contribution in [0.4, 0.5) is 5.82 Å². The Kier molecular flexibility index (Phi) is 9.40. The molecule has 0 aliphatic heterocycles. The Balaban J connectivity index is 0.000000154. The van der Waals surface area contributed by atoms with Crippen molar-refractivity contribution in [2.75, 3.05) is 11.9 Å². The molecule has 0 spiro atoms. The van der Waals surface area contributed by atoms with Crippen molar-refractivity contribution in [2.24, 2.45) is 11.8 Å². The number of nitrogen functional groups attached to an aromatic ring is 1. The lowest BCUT2D eigenvalue weighted by atomic mass is 10.0. The van der Waals surface area contributed by atoms with Crippen molar-refractivity contribution in [3.05, 3.63) is 133 Å². The van der Waals surface area contributed by atoms with Gasteiger partial charge in [-0.3, -0.25) is 4.98 Å². The minimum absolute atomic E-state index is 0. The van der Waals surface area contributed by atoms with Crippen LogP contribution in [0.2, 0.25) is 0 Å². The highest BCUT2D eigenvalue weighted by Crippen LogP contribution is 2.59. The molecule has 2 aliphatic carbocycles. The second-order valence-electron chi connectivity index (χ2n) is 12.2. The molecule has 2 aliphatic rings. The monoisotopic (exact) mass is 659 g/mol. The van der Waals surface area contributed by atoms with Crippen LogP contribution in [0.25, 0.3) is 21.8 Å². The molecule has 2 fully saturated rings. The molecule has 8 rings (SSSR count). The van der Waals surface area contributed by atoms with Crippen molar-refractivity contribution in [3.63, 3.8) is 0 Å². The van der Waals surface area contributed by atoms with Crippen LogP contribution in [0.1, 0.15) is 37.7 Å². The lowest BCUT2D eigenvalue weighted by molar-refractivity contribution is -0.00000855. The van der Waals surface area contributed by atoms with Crippen molar-refractivity contribution in [1.82, 2.24) is 9.97 Å². The Hall–Kier alpha value is -3.59. The molecule has 222 valence electrons. The standard InChI is InChI=1S/C22H22P.C17H17N3.BrH/c1-4-10-20(11-5-1)23(18-19-16-17-19,21-12-6-2-7-13-21)22-14-8-3-9-15-22;18-17-16-14(2-1-9-19-16)13-8-7-12(10-15(13)20-17)6-5-11-3-4-11;/h1-15,19H,16-18H2;1-2,7-11H,3-6H2,(H2,18,20);1H/q+1;;/p-1. The minimum Gasteiger partial charge on any atom is -1.00 e. The summed E-state index contributed by atoms with van der Waals surface area (Å²) < 4.78 is 0. The summed E-state index contributed by atoms with van der Waals surface area (Å²) >= 11 is 0. The molecule has 2 heterocycles. The molecular formula is C39H39BrN3P. The van der Waals surface area contributed by atoms with Gasteiger partial charge in [-0.1, -0.05) is 85.6 Å². The Morgan fingerprint density at radius 2 is 1.20 bits per heavy atom. The van der Waals surface area contributed by atoms with E-state index in [2.05, 4.69) is 125 Å². The van der Waals surface area contributed by atoms with Gasteiger partial charge in [-0.15, -0.1) is 0 Å². The number of rotatable bonds is 8. The third-order valence-corrected chi connectivity index (χ3v) is 13.6. The van der Waals surface area contributed by atoms with E-state index in [9.17, 15) is 0 Å². The van der Waals surface area contributed by atoms with Crippen molar-refractivity contribution in [2.45, 2.75) is 38.5 Å². The Bertz CT molecular complexity index is 1720. The number of hydrogen-bond acceptors (Lipinski definition) is 3. The van der Waals surface area contributed by atoms with E-state index in [0.29, 0.717) is 5.82 Å². The molecule has 2 saturated carbocycles. The zero-order chi connectivity index (χ0) is 29.1. The SMILES string of the molecule is Nc1nc2cc(CCC3CC3)ccc2c2cccnc12.[Br-].c1ccc([P+](CC2CC2)(c2ccccc2)c2ccccc2)cc1. The molecule has 6 aromatic rings. The summed E-state index contributed by atoms with van der Waals surface area (Å²) in [7, 11) is -1.55. The maximum Gasteiger partial charge on any atom is 0.150 e. The maximum atomic E-state index is 6.03. The minimum atomic E-state index is -1.55. The lowest BCUT2D eigenvalue weighted by Gasteiger charge is -2.27. The summed E-state index contributed by atoms with van der Waals surface area (Å²) in [6.07, 6.45) is 11.1. The molecule has 2 N–H and O–H groups in total.